The van der Waals surface area contributed by atoms with Gasteiger partial charge in [-0.05, 0) is 19.9 Å². The van der Waals surface area contributed by atoms with Crippen molar-refractivity contribution in [2.45, 2.75) is 26.5 Å². The number of aromatic nitrogens is 1. The van der Waals surface area contributed by atoms with Crippen LogP contribution >= 0.6 is 0 Å². The molecule has 0 atom stereocenters. The summed E-state index contributed by atoms with van der Waals surface area (Å²) in [5.41, 5.74) is 0.785. The van der Waals surface area contributed by atoms with Crippen LogP contribution in [0.15, 0.2) is 18.2 Å². The quantitative estimate of drug-likeness (QED) is 0.744. The first-order chi connectivity index (χ1) is 6.58. The van der Waals surface area contributed by atoms with Gasteiger partial charge in [-0.1, -0.05) is 6.07 Å². The Labute approximate surface area is 84.1 Å². The molecule has 1 aromatic rings. The van der Waals surface area contributed by atoms with Crippen LogP contribution in [-0.4, -0.2) is 28.4 Å². The second-order valence-corrected chi connectivity index (χ2v) is 3.45. The molecular weight excluding hydrogens is 180 g/mol. The Hall–Kier alpha value is -1.13. The van der Waals surface area contributed by atoms with E-state index < -0.39 is 0 Å². The minimum absolute atomic E-state index is 0.115. The molecule has 0 spiro atoms. The lowest BCUT2D eigenvalue weighted by Crippen LogP contribution is -2.13. The van der Waals surface area contributed by atoms with E-state index in [4.69, 9.17) is 9.94 Å². The van der Waals surface area contributed by atoms with Crippen LogP contribution in [0.3, 0.4) is 0 Å². The third-order valence-electron chi connectivity index (χ3n) is 1.53. The standard InChI is InChI=1S/C10H16N2O2/c1-8(2)14-10-6-4-5-9(11-10)7-12(3)13/h4-6,8,13H,7H2,1-3H3. The number of ether oxygens (including phenoxy) is 1. The van der Waals surface area contributed by atoms with Gasteiger partial charge in [0.1, 0.15) is 0 Å². The maximum absolute atomic E-state index is 9.03. The van der Waals surface area contributed by atoms with Crippen molar-refractivity contribution in [1.82, 2.24) is 10.0 Å². The van der Waals surface area contributed by atoms with Crippen LogP contribution in [0.4, 0.5) is 0 Å². The highest BCUT2D eigenvalue weighted by molar-refractivity contribution is 5.15. The van der Waals surface area contributed by atoms with Crippen molar-refractivity contribution < 1.29 is 9.94 Å². The van der Waals surface area contributed by atoms with Crippen molar-refractivity contribution in [1.29, 1.82) is 0 Å². The highest BCUT2D eigenvalue weighted by atomic mass is 16.5. The van der Waals surface area contributed by atoms with E-state index in [1.165, 1.54) is 0 Å². The van der Waals surface area contributed by atoms with Gasteiger partial charge in [0.15, 0.2) is 0 Å². The van der Waals surface area contributed by atoms with E-state index in [0.29, 0.717) is 12.4 Å². The average molecular weight is 196 g/mol. The molecule has 1 aromatic heterocycles. The number of hydrogen-bond donors (Lipinski definition) is 1. The lowest BCUT2D eigenvalue weighted by atomic mass is 10.3. The molecule has 14 heavy (non-hydrogen) atoms. The van der Waals surface area contributed by atoms with Crippen LogP contribution in [0.5, 0.6) is 5.88 Å². The van der Waals surface area contributed by atoms with Gasteiger partial charge >= 0.3 is 0 Å². The summed E-state index contributed by atoms with van der Waals surface area (Å²) in [6, 6.07) is 5.52. The second kappa shape index (κ2) is 4.93. The Kier molecular flexibility index (Phi) is 3.85. The number of nitrogens with zero attached hydrogens (tertiary/aromatic N) is 2. The maximum atomic E-state index is 9.03. The van der Waals surface area contributed by atoms with E-state index in [1.807, 2.05) is 26.0 Å². The van der Waals surface area contributed by atoms with E-state index in [1.54, 1.807) is 13.1 Å². The normalized spacial score (nSPS) is 11.0. The predicted molar refractivity (Wildman–Crippen MR) is 53.3 cm³/mol. The van der Waals surface area contributed by atoms with Crippen LogP contribution in [-0.2, 0) is 6.54 Å². The van der Waals surface area contributed by atoms with Gasteiger partial charge in [-0.25, -0.2) is 4.98 Å². The van der Waals surface area contributed by atoms with E-state index in [-0.39, 0.29) is 6.10 Å². The molecule has 0 bridgehead atoms. The molecule has 0 saturated carbocycles. The minimum atomic E-state index is 0.115. The second-order valence-electron chi connectivity index (χ2n) is 3.45. The van der Waals surface area contributed by atoms with Gasteiger partial charge in [0, 0.05) is 13.1 Å². The molecule has 0 amide bonds. The molecule has 1 N–H and O–H groups in total. The van der Waals surface area contributed by atoms with Gasteiger partial charge < -0.3 is 9.94 Å². The first-order valence-electron chi connectivity index (χ1n) is 4.60. The molecule has 0 fully saturated rings. The summed E-state index contributed by atoms with van der Waals surface area (Å²) in [5, 5.41) is 10.1. The zero-order valence-electron chi connectivity index (χ0n) is 8.77. The van der Waals surface area contributed by atoms with Crippen molar-refractivity contribution in [3.05, 3.63) is 23.9 Å². The van der Waals surface area contributed by atoms with Gasteiger partial charge in [0.25, 0.3) is 0 Å². The van der Waals surface area contributed by atoms with E-state index in [2.05, 4.69) is 4.98 Å². The summed E-state index contributed by atoms with van der Waals surface area (Å²) in [7, 11) is 1.58. The van der Waals surface area contributed by atoms with Crippen LogP contribution in [0.2, 0.25) is 0 Å². The van der Waals surface area contributed by atoms with E-state index >= 15 is 0 Å². The summed E-state index contributed by atoms with van der Waals surface area (Å²) in [6.07, 6.45) is 0.115. The predicted octanol–water partition coefficient (Wildman–Crippen LogP) is 1.69. The zero-order valence-corrected chi connectivity index (χ0v) is 8.77. The van der Waals surface area contributed by atoms with E-state index in [0.717, 1.165) is 10.8 Å². The lowest BCUT2D eigenvalue weighted by Gasteiger charge is -2.11. The average Bonchev–Trinajstić information content (AvgIpc) is 2.01. The largest absolute Gasteiger partial charge is 0.475 e. The molecule has 78 valence electrons. The summed E-state index contributed by atoms with van der Waals surface area (Å²) in [4.78, 5) is 4.23. The third-order valence-corrected chi connectivity index (χ3v) is 1.53. The maximum Gasteiger partial charge on any atom is 0.213 e. The van der Waals surface area contributed by atoms with Gasteiger partial charge in [-0.15, -0.1) is 0 Å². The van der Waals surface area contributed by atoms with Gasteiger partial charge in [0.05, 0.1) is 18.3 Å². The molecular formula is C10H16N2O2. The van der Waals surface area contributed by atoms with Gasteiger partial charge in [-0.2, -0.15) is 5.06 Å². The molecule has 4 heteroatoms. The van der Waals surface area contributed by atoms with Gasteiger partial charge in [0.2, 0.25) is 5.88 Å². The minimum Gasteiger partial charge on any atom is -0.475 e. The summed E-state index contributed by atoms with van der Waals surface area (Å²) >= 11 is 0. The molecule has 4 nitrogen and oxygen atoms in total. The molecule has 0 aliphatic carbocycles. The Morgan fingerprint density at radius 1 is 1.50 bits per heavy atom. The molecule has 1 heterocycles. The number of pyridine rings is 1. The first-order valence-corrected chi connectivity index (χ1v) is 4.60. The Morgan fingerprint density at radius 3 is 2.79 bits per heavy atom. The summed E-state index contributed by atoms with van der Waals surface area (Å²) in [5.74, 6) is 0.597. The lowest BCUT2D eigenvalue weighted by molar-refractivity contribution is -0.0741. The van der Waals surface area contributed by atoms with Gasteiger partial charge in [-0.3, -0.25) is 0 Å². The molecule has 0 radical (unpaired) electrons. The molecule has 0 aromatic carbocycles. The van der Waals surface area contributed by atoms with E-state index in [9.17, 15) is 0 Å². The highest BCUT2D eigenvalue weighted by Crippen LogP contribution is 2.10. The van der Waals surface area contributed by atoms with Crippen molar-refractivity contribution in [3.8, 4) is 5.88 Å². The fourth-order valence-electron chi connectivity index (χ4n) is 1.09. The SMILES string of the molecule is CC(C)Oc1cccc(CN(C)O)n1. The smallest absolute Gasteiger partial charge is 0.213 e. The van der Waals surface area contributed by atoms with Crippen molar-refractivity contribution >= 4 is 0 Å². The Morgan fingerprint density at radius 2 is 2.21 bits per heavy atom. The van der Waals surface area contributed by atoms with Crippen LogP contribution < -0.4 is 4.74 Å². The Balaban J connectivity index is 2.68. The first kappa shape index (κ1) is 10.9. The molecule has 1 rings (SSSR count). The summed E-state index contributed by atoms with van der Waals surface area (Å²) < 4.78 is 5.43. The van der Waals surface area contributed by atoms with Crippen molar-refractivity contribution in [3.63, 3.8) is 0 Å². The number of hydrogen-bond acceptors (Lipinski definition) is 4. The number of rotatable bonds is 4. The Bertz CT molecular complexity index is 262. The fourth-order valence-corrected chi connectivity index (χ4v) is 1.09. The summed E-state index contributed by atoms with van der Waals surface area (Å²) in [6.45, 7) is 4.30. The van der Waals surface area contributed by atoms with Crippen LogP contribution in [0, 0.1) is 0 Å². The fraction of sp³-hybridized carbons (Fsp3) is 0.500. The third kappa shape index (κ3) is 3.72. The molecule has 0 unspecified atom stereocenters. The van der Waals surface area contributed by atoms with Crippen LogP contribution in [0.25, 0.3) is 0 Å². The van der Waals surface area contributed by atoms with Crippen molar-refractivity contribution in [2.75, 3.05) is 7.05 Å². The monoisotopic (exact) mass is 196 g/mol. The van der Waals surface area contributed by atoms with Crippen molar-refractivity contribution in [2.24, 2.45) is 0 Å². The molecule has 0 saturated heterocycles. The van der Waals surface area contributed by atoms with Crippen LogP contribution in [0.1, 0.15) is 19.5 Å². The number of hydroxylamine groups is 2. The molecule has 0 aliphatic rings. The highest BCUT2D eigenvalue weighted by Gasteiger charge is 2.02. The molecule has 0 aliphatic heterocycles. The topological polar surface area (TPSA) is 45.6 Å². The zero-order chi connectivity index (χ0) is 10.6.